The van der Waals surface area contributed by atoms with Crippen LogP contribution in [0.4, 0.5) is 0 Å². The molecule has 4 nitrogen and oxygen atoms in total. The number of rotatable bonds is 3. The molecule has 0 fully saturated rings. The van der Waals surface area contributed by atoms with E-state index >= 15 is 0 Å². The van der Waals surface area contributed by atoms with Crippen LogP contribution in [0.1, 0.15) is 20.9 Å². The number of carbonyl (C=O) groups is 1. The van der Waals surface area contributed by atoms with Crippen molar-refractivity contribution in [3.63, 3.8) is 0 Å². The summed E-state index contributed by atoms with van der Waals surface area (Å²) < 4.78 is 0. The third-order valence-corrected chi connectivity index (χ3v) is 4.03. The topological polar surface area (TPSA) is 57.8 Å². The molecule has 0 aliphatic rings. The Morgan fingerprint density at radius 2 is 2.32 bits per heavy atom. The standard InChI is InChI=1S/C14H13N3OS/c1-9-13(19-8-17-9)7-16-14(18)11-3-2-4-12-10(11)5-6-15-12/h2-6,8,15H,7H2,1H3,(H,16,18). The smallest absolute Gasteiger partial charge is 0.252 e. The van der Waals surface area contributed by atoms with Crippen LogP contribution in [-0.4, -0.2) is 15.9 Å². The number of aromatic nitrogens is 2. The molecule has 5 heteroatoms. The lowest BCUT2D eigenvalue weighted by Gasteiger charge is -2.05. The Kier molecular flexibility index (Phi) is 3.05. The highest BCUT2D eigenvalue weighted by Crippen LogP contribution is 2.18. The summed E-state index contributed by atoms with van der Waals surface area (Å²) in [7, 11) is 0. The van der Waals surface area contributed by atoms with E-state index in [-0.39, 0.29) is 5.91 Å². The molecule has 3 aromatic rings. The normalized spacial score (nSPS) is 10.8. The molecule has 0 bridgehead atoms. The number of nitrogens with one attached hydrogen (secondary N) is 2. The number of H-pyrrole nitrogens is 1. The second-order valence-electron chi connectivity index (χ2n) is 4.29. The highest BCUT2D eigenvalue weighted by molar-refractivity contribution is 7.09. The molecule has 3 rings (SSSR count). The molecule has 0 aliphatic carbocycles. The number of hydrogen-bond donors (Lipinski definition) is 2. The van der Waals surface area contributed by atoms with Crippen molar-refractivity contribution in [1.82, 2.24) is 15.3 Å². The van der Waals surface area contributed by atoms with Crippen LogP contribution in [0, 0.1) is 6.92 Å². The summed E-state index contributed by atoms with van der Waals surface area (Å²) in [6.45, 7) is 2.47. The number of thiazole rings is 1. The maximum Gasteiger partial charge on any atom is 0.252 e. The van der Waals surface area contributed by atoms with E-state index in [0.717, 1.165) is 21.5 Å². The first-order chi connectivity index (χ1) is 9.25. The average molecular weight is 271 g/mol. The van der Waals surface area contributed by atoms with Crippen molar-refractivity contribution < 1.29 is 4.79 Å². The minimum atomic E-state index is -0.0574. The lowest BCUT2D eigenvalue weighted by molar-refractivity contribution is 0.0953. The van der Waals surface area contributed by atoms with Gasteiger partial charge in [-0.05, 0) is 25.1 Å². The summed E-state index contributed by atoms with van der Waals surface area (Å²) in [4.78, 5) is 20.6. The first-order valence-corrected chi connectivity index (χ1v) is 6.87. The van der Waals surface area contributed by atoms with E-state index in [2.05, 4.69) is 15.3 Å². The third kappa shape index (κ3) is 2.24. The number of fused-ring (bicyclic) bond motifs is 1. The maximum atomic E-state index is 12.2. The van der Waals surface area contributed by atoms with Gasteiger partial charge in [-0.15, -0.1) is 11.3 Å². The predicted octanol–water partition coefficient (Wildman–Crippen LogP) is 2.86. The van der Waals surface area contributed by atoms with Crippen LogP contribution >= 0.6 is 11.3 Å². The summed E-state index contributed by atoms with van der Waals surface area (Å²) in [6.07, 6.45) is 1.84. The fraction of sp³-hybridized carbons (Fsp3) is 0.143. The van der Waals surface area contributed by atoms with Gasteiger partial charge in [-0.25, -0.2) is 4.98 Å². The van der Waals surface area contributed by atoms with Crippen LogP contribution < -0.4 is 5.32 Å². The molecule has 2 heterocycles. The molecule has 2 aromatic heterocycles. The Morgan fingerprint density at radius 1 is 1.42 bits per heavy atom. The summed E-state index contributed by atoms with van der Waals surface area (Å²) in [5, 5.41) is 3.89. The van der Waals surface area contributed by atoms with Gasteiger partial charge in [-0.1, -0.05) is 6.07 Å². The molecule has 0 atom stereocenters. The van der Waals surface area contributed by atoms with Gasteiger partial charge in [0.05, 0.1) is 17.7 Å². The fourth-order valence-electron chi connectivity index (χ4n) is 2.04. The van der Waals surface area contributed by atoms with Crippen molar-refractivity contribution in [3.05, 3.63) is 52.1 Å². The molecule has 0 saturated heterocycles. The lowest BCUT2D eigenvalue weighted by Crippen LogP contribution is -2.22. The SMILES string of the molecule is Cc1ncsc1CNC(=O)c1cccc2[nH]ccc12. The zero-order valence-electron chi connectivity index (χ0n) is 10.4. The van der Waals surface area contributed by atoms with Crippen molar-refractivity contribution in [2.24, 2.45) is 0 Å². The van der Waals surface area contributed by atoms with Crippen LogP contribution in [0.3, 0.4) is 0 Å². The van der Waals surface area contributed by atoms with E-state index < -0.39 is 0 Å². The van der Waals surface area contributed by atoms with E-state index in [1.165, 1.54) is 0 Å². The number of aryl methyl sites for hydroxylation is 1. The van der Waals surface area contributed by atoms with Gasteiger partial charge in [-0.3, -0.25) is 4.79 Å². The van der Waals surface area contributed by atoms with E-state index in [0.29, 0.717) is 12.1 Å². The molecule has 0 saturated carbocycles. The minimum Gasteiger partial charge on any atom is -0.361 e. The van der Waals surface area contributed by atoms with E-state index in [4.69, 9.17) is 0 Å². The van der Waals surface area contributed by atoms with Gasteiger partial charge in [0.2, 0.25) is 0 Å². The van der Waals surface area contributed by atoms with Crippen molar-refractivity contribution in [2.75, 3.05) is 0 Å². The van der Waals surface area contributed by atoms with Crippen molar-refractivity contribution in [2.45, 2.75) is 13.5 Å². The molecule has 0 radical (unpaired) electrons. The highest BCUT2D eigenvalue weighted by Gasteiger charge is 2.11. The number of nitrogens with zero attached hydrogens (tertiary/aromatic N) is 1. The van der Waals surface area contributed by atoms with Gasteiger partial charge in [0.15, 0.2) is 0 Å². The van der Waals surface area contributed by atoms with E-state index in [1.54, 1.807) is 16.8 Å². The zero-order chi connectivity index (χ0) is 13.2. The molecule has 0 spiro atoms. The van der Waals surface area contributed by atoms with Crippen LogP contribution in [-0.2, 0) is 6.54 Å². The molecular formula is C14H13N3OS. The Labute approximate surface area is 114 Å². The van der Waals surface area contributed by atoms with Gasteiger partial charge in [0, 0.05) is 27.5 Å². The number of carbonyl (C=O) groups excluding carboxylic acids is 1. The maximum absolute atomic E-state index is 12.2. The van der Waals surface area contributed by atoms with Crippen molar-refractivity contribution >= 4 is 28.1 Å². The van der Waals surface area contributed by atoms with Crippen LogP contribution in [0.25, 0.3) is 10.9 Å². The van der Waals surface area contributed by atoms with Gasteiger partial charge >= 0.3 is 0 Å². The second-order valence-corrected chi connectivity index (χ2v) is 5.23. The first kappa shape index (κ1) is 11.9. The van der Waals surface area contributed by atoms with Crippen molar-refractivity contribution in [3.8, 4) is 0 Å². The summed E-state index contributed by atoms with van der Waals surface area (Å²) in [5.41, 5.74) is 4.44. The van der Waals surface area contributed by atoms with Crippen LogP contribution in [0.5, 0.6) is 0 Å². The molecule has 19 heavy (non-hydrogen) atoms. The molecule has 0 aliphatic heterocycles. The Balaban J connectivity index is 1.81. The number of benzene rings is 1. The summed E-state index contributed by atoms with van der Waals surface area (Å²) >= 11 is 1.56. The highest BCUT2D eigenvalue weighted by atomic mass is 32.1. The predicted molar refractivity (Wildman–Crippen MR) is 76.3 cm³/mol. The number of hydrogen-bond acceptors (Lipinski definition) is 3. The molecule has 2 N–H and O–H groups in total. The largest absolute Gasteiger partial charge is 0.361 e. The molecule has 1 amide bonds. The van der Waals surface area contributed by atoms with E-state index in [1.807, 2.05) is 37.4 Å². The minimum absolute atomic E-state index is 0.0574. The van der Waals surface area contributed by atoms with Crippen LogP contribution in [0.2, 0.25) is 0 Å². The van der Waals surface area contributed by atoms with Crippen LogP contribution in [0.15, 0.2) is 36.0 Å². The van der Waals surface area contributed by atoms with Gasteiger partial charge in [0.1, 0.15) is 0 Å². The van der Waals surface area contributed by atoms with Gasteiger partial charge in [0.25, 0.3) is 5.91 Å². The van der Waals surface area contributed by atoms with E-state index in [9.17, 15) is 4.79 Å². The third-order valence-electron chi connectivity index (χ3n) is 3.09. The Hall–Kier alpha value is -2.14. The van der Waals surface area contributed by atoms with Gasteiger partial charge < -0.3 is 10.3 Å². The summed E-state index contributed by atoms with van der Waals surface area (Å²) in [6, 6.07) is 7.60. The zero-order valence-corrected chi connectivity index (χ0v) is 11.3. The lowest BCUT2D eigenvalue weighted by atomic mass is 10.1. The van der Waals surface area contributed by atoms with Gasteiger partial charge in [-0.2, -0.15) is 0 Å². The number of amides is 1. The molecule has 96 valence electrons. The quantitative estimate of drug-likeness (QED) is 0.769. The summed E-state index contributed by atoms with van der Waals surface area (Å²) in [5.74, 6) is -0.0574. The second kappa shape index (κ2) is 4.85. The average Bonchev–Trinajstić information content (AvgIpc) is 3.04. The molecule has 0 unspecified atom stereocenters. The monoisotopic (exact) mass is 271 g/mol. The molecular weight excluding hydrogens is 258 g/mol. The molecule has 1 aromatic carbocycles. The Bertz CT molecular complexity index is 729. The first-order valence-electron chi connectivity index (χ1n) is 5.99. The number of aromatic amines is 1. The van der Waals surface area contributed by atoms with Crippen molar-refractivity contribution in [1.29, 1.82) is 0 Å². The Morgan fingerprint density at radius 3 is 3.11 bits per heavy atom. The fourth-order valence-corrected chi connectivity index (χ4v) is 2.75.